The van der Waals surface area contributed by atoms with Gasteiger partial charge in [-0.3, -0.25) is 18.6 Å². The molecule has 0 aromatic heterocycles. The Morgan fingerprint density at radius 3 is 2.29 bits per heavy atom. The van der Waals surface area contributed by atoms with Gasteiger partial charge in [-0.25, -0.2) is 4.57 Å². The highest BCUT2D eigenvalue weighted by Gasteiger charge is 2.36. The van der Waals surface area contributed by atoms with E-state index in [-0.39, 0.29) is 31.8 Å². The Bertz CT molecular complexity index is 882. The highest BCUT2D eigenvalue weighted by atomic mass is 31.2. The summed E-state index contributed by atoms with van der Waals surface area (Å²) in [4.78, 5) is 33.4. The number of allylic oxidation sites excluding steroid dienone is 5. The highest BCUT2D eigenvalue weighted by Crippen LogP contribution is 2.43. The molecule has 11 heteroatoms. The summed E-state index contributed by atoms with van der Waals surface area (Å²) in [6, 6.07) is 0. The third-order valence-electron chi connectivity index (χ3n) is 6.15. The lowest BCUT2D eigenvalue weighted by Gasteiger charge is -2.24. The van der Waals surface area contributed by atoms with Crippen LogP contribution in [0.3, 0.4) is 0 Å². The monoisotopic (exact) mass is 602 g/mol. The number of epoxide rings is 1. The first-order valence-electron chi connectivity index (χ1n) is 14.8. The number of hydrogen-bond acceptors (Lipinski definition) is 8. The third kappa shape index (κ3) is 22.5. The summed E-state index contributed by atoms with van der Waals surface area (Å²) in [6.07, 6.45) is 21.8. The maximum absolute atomic E-state index is 12.2. The molecule has 0 saturated carbocycles. The number of ether oxygens (including phenoxy) is 3. The topological polar surface area (TPSA) is 121 Å². The Balaban J connectivity index is 2.18. The maximum Gasteiger partial charge on any atom is 0.472 e. The first-order valence-corrected chi connectivity index (χ1v) is 16.3. The number of rotatable bonds is 24. The summed E-state index contributed by atoms with van der Waals surface area (Å²) in [6.45, 7) is 3.20. The molecule has 0 spiro atoms. The lowest BCUT2D eigenvalue weighted by atomic mass is 10.1. The molecule has 236 valence electrons. The number of unbranched alkanes of at least 4 members (excludes halogenated alkanes) is 3. The maximum atomic E-state index is 12.2. The van der Waals surface area contributed by atoms with Gasteiger partial charge in [0.1, 0.15) is 19.8 Å². The van der Waals surface area contributed by atoms with Gasteiger partial charge in [0, 0.05) is 13.3 Å². The van der Waals surface area contributed by atoms with Crippen molar-refractivity contribution in [1.82, 2.24) is 0 Å². The minimum absolute atomic E-state index is 0.0149. The first kappa shape index (κ1) is 37.2. The molecule has 1 saturated heterocycles. The van der Waals surface area contributed by atoms with Crippen LogP contribution in [0.25, 0.3) is 0 Å². The van der Waals surface area contributed by atoms with Crippen LogP contribution in [-0.2, 0) is 37.4 Å². The second-order valence-electron chi connectivity index (χ2n) is 11.2. The van der Waals surface area contributed by atoms with Crippen LogP contribution in [0.4, 0.5) is 0 Å². The quantitative estimate of drug-likeness (QED) is 0.0373. The molecule has 1 N–H and O–H groups in total. The van der Waals surface area contributed by atoms with Crippen molar-refractivity contribution in [2.24, 2.45) is 0 Å². The van der Waals surface area contributed by atoms with Crippen molar-refractivity contribution in [2.45, 2.75) is 96.4 Å². The molecule has 1 rings (SSSR count). The average Bonchev–Trinajstić information content (AvgIpc) is 3.63. The molecule has 1 aliphatic rings. The molecule has 41 heavy (non-hydrogen) atoms. The number of nitrogens with zero attached hydrogens (tertiary/aromatic N) is 1. The Morgan fingerprint density at radius 1 is 0.951 bits per heavy atom. The van der Waals surface area contributed by atoms with Gasteiger partial charge in [-0.15, -0.1) is 0 Å². The molecule has 0 aromatic rings. The average molecular weight is 603 g/mol. The lowest BCUT2D eigenvalue weighted by molar-refractivity contribution is -0.870. The predicted molar refractivity (Wildman–Crippen MR) is 159 cm³/mol. The van der Waals surface area contributed by atoms with E-state index in [9.17, 15) is 19.0 Å². The molecule has 0 radical (unpaired) electrons. The van der Waals surface area contributed by atoms with E-state index >= 15 is 0 Å². The zero-order valence-electron chi connectivity index (χ0n) is 25.7. The van der Waals surface area contributed by atoms with Crippen molar-refractivity contribution in [2.75, 3.05) is 47.5 Å². The molecular weight excluding hydrogens is 549 g/mol. The van der Waals surface area contributed by atoms with E-state index in [0.717, 1.165) is 25.7 Å². The van der Waals surface area contributed by atoms with E-state index in [4.69, 9.17) is 23.3 Å². The van der Waals surface area contributed by atoms with Crippen molar-refractivity contribution in [1.29, 1.82) is 0 Å². The second-order valence-corrected chi connectivity index (χ2v) is 12.7. The predicted octanol–water partition coefficient (Wildman–Crippen LogP) is 5.66. The number of hydrogen-bond donors (Lipinski definition) is 1. The molecule has 0 amide bonds. The fraction of sp³-hybridized carbons (Fsp3) is 0.733. The molecular formula is C30H53NO9P+. The normalized spacial score (nSPS) is 19.6. The molecule has 1 aliphatic heterocycles. The van der Waals surface area contributed by atoms with Crippen LogP contribution in [0.5, 0.6) is 0 Å². The molecule has 0 aliphatic carbocycles. The largest absolute Gasteiger partial charge is 0.472 e. The second kappa shape index (κ2) is 21.0. The summed E-state index contributed by atoms with van der Waals surface area (Å²) in [7, 11) is 1.42. The van der Waals surface area contributed by atoms with Gasteiger partial charge >= 0.3 is 19.8 Å². The van der Waals surface area contributed by atoms with Crippen molar-refractivity contribution < 1.29 is 46.8 Å². The minimum atomic E-state index is -4.34. The zero-order chi connectivity index (χ0) is 30.6. The van der Waals surface area contributed by atoms with E-state index in [1.165, 1.54) is 32.6 Å². The van der Waals surface area contributed by atoms with E-state index in [0.29, 0.717) is 17.4 Å². The van der Waals surface area contributed by atoms with Crippen LogP contribution >= 0.6 is 7.82 Å². The number of carbonyl (C=O) groups excluding carboxylic acids is 2. The van der Waals surface area contributed by atoms with Gasteiger partial charge in [-0.1, -0.05) is 56.2 Å². The first-order chi connectivity index (χ1) is 19.4. The van der Waals surface area contributed by atoms with Gasteiger partial charge < -0.3 is 23.6 Å². The van der Waals surface area contributed by atoms with E-state index in [1.807, 2.05) is 21.1 Å². The molecule has 3 unspecified atom stereocenters. The molecule has 10 nitrogen and oxygen atoms in total. The van der Waals surface area contributed by atoms with Gasteiger partial charge in [0.2, 0.25) is 0 Å². The lowest BCUT2D eigenvalue weighted by Crippen LogP contribution is -2.37. The SMILES string of the molecule is CCCCC/C=C\C/C=C\C/C=C\CC1OC1CCCC(=O)OC[C@H](COP(=O)(O)OCC[N+](C)(C)C)OC(C)=O. The molecule has 1 fully saturated rings. The summed E-state index contributed by atoms with van der Waals surface area (Å²) >= 11 is 0. The number of phosphoric ester groups is 1. The molecule has 0 aromatic carbocycles. The Morgan fingerprint density at radius 2 is 1.63 bits per heavy atom. The van der Waals surface area contributed by atoms with Crippen molar-refractivity contribution >= 4 is 19.8 Å². The number of likely N-dealkylation sites (N-methyl/N-ethyl adjacent to an activating group) is 1. The van der Waals surface area contributed by atoms with Gasteiger partial charge in [-0.05, 0) is 44.9 Å². The Hall–Kier alpha value is -1.81. The van der Waals surface area contributed by atoms with E-state index in [2.05, 4.69) is 43.4 Å². The number of quaternary nitrogens is 1. The smallest absolute Gasteiger partial charge is 0.462 e. The van der Waals surface area contributed by atoms with Crippen LogP contribution in [0.1, 0.15) is 78.1 Å². The zero-order valence-corrected chi connectivity index (χ0v) is 26.6. The van der Waals surface area contributed by atoms with Crippen LogP contribution < -0.4 is 0 Å². The fourth-order valence-corrected chi connectivity index (χ4v) is 4.49. The Labute approximate surface area is 246 Å². The van der Waals surface area contributed by atoms with Gasteiger partial charge in [0.15, 0.2) is 6.10 Å². The van der Waals surface area contributed by atoms with Crippen LogP contribution in [0.2, 0.25) is 0 Å². The minimum Gasteiger partial charge on any atom is -0.462 e. The van der Waals surface area contributed by atoms with Crippen LogP contribution in [0, 0.1) is 0 Å². The Kier molecular flexibility index (Phi) is 19.0. The van der Waals surface area contributed by atoms with E-state index < -0.39 is 32.5 Å². The van der Waals surface area contributed by atoms with Gasteiger partial charge in [0.25, 0.3) is 0 Å². The van der Waals surface area contributed by atoms with Crippen molar-refractivity contribution in [3.05, 3.63) is 36.5 Å². The number of phosphoric acid groups is 1. The van der Waals surface area contributed by atoms with Gasteiger partial charge in [-0.2, -0.15) is 0 Å². The van der Waals surface area contributed by atoms with E-state index in [1.54, 1.807) is 0 Å². The number of carbonyl (C=O) groups is 2. The third-order valence-corrected chi connectivity index (χ3v) is 7.13. The summed E-state index contributed by atoms with van der Waals surface area (Å²) in [5.74, 6) is -1.08. The fourth-order valence-electron chi connectivity index (χ4n) is 3.74. The van der Waals surface area contributed by atoms with Crippen molar-refractivity contribution in [3.63, 3.8) is 0 Å². The molecule has 0 bridgehead atoms. The summed E-state index contributed by atoms with van der Waals surface area (Å²) < 4.78 is 38.5. The highest BCUT2D eigenvalue weighted by molar-refractivity contribution is 7.47. The summed E-state index contributed by atoms with van der Waals surface area (Å²) in [5.41, 5.74) is 0. The van der Waals surface area contributed by atoms with Gasteiger partial charge in [0.05, 0.1) is 40.0 Å². The summed E-state index contributed by atoms with van der Waals surface area (Å²) in [5, 5.41) is 0. The van der Waals surface area contributed by atoms with Crippen molar-refractivity contribution in [3.8, 4) is 0 Å². The van der Waals surface area contributed by atoms with Crippen LogP contribution in [0.15, 0.2) is 36.5 Å². The standard InChI is InChI=1S/C30H52NO9P/c1-6-7-8-9-10-11-12-13-14-15-16-17-19-28-29(40-28)20-18-21-30(33)36-24-27(39-26(2)32)25-38-41(34,35)37-23-22-31(3,4)5/h10-11,13-14,16-17,27-29H,6-9,12,15,18-25H2,1-5H3/p+1/b11-10-,14-13-,17-16-/t27-,28?,29?/m1/s1. The molecule has 1 heterocycles. The number of esters is 2. The molecule has 4 atom stereocenters. The van der Waals surface area contributed by atoms with Crippen LogP contribution in [-0.4, -0.2) is 87.1 Å².